The van der Waals surface area contributed by atoms with Crippen LogP contribution in [0.2, 0.25) is 0 Å². The molecule has 1 aromatic heterocycles. The van der Waals surface area contributed by atoms with Crippen molar-refractivity contribution < 1.29 is 19.2 Å². The maximum atomic E-state index is 12.4. The lowest BCUT2D eigenvalue weighted by Crippen LogP contribution is -2.29. The standard InChI is InChI=1S/C22H18N4O4S/c27-17(14-7-2-1-3-8-14)11-6-12-18(28)23-22-25-24-19(31-22)13-26-20(29)15-9-4-5-10-16(15)21(26)30/h1-5,7-10H,6,11-13H2,(H,23,25,28). The predicted octanol–water partition coefficient (Wildman–Crippen LogP) is 3.33. The van der Waals surface area contributed by atoms with Gasteiger partial charge in [-0.1, -0.05) is 53.8 Å². The molecule has 0 unspecified atom stereocenters. The highest BCUT2D eigenvalue weighted by Gasteiger charge is 2.35. The van der Waals surface area contributed by atoms with E-state index in [-0.39, 0.29) is 48.0 Å². The minimum Gasteiger partial charge on any atom is -0.301 e. The van der Waals surface area contributed by atoms with E-state index in [0.717, 1.165) is 16.2 Å². The number of nitrogens with one attached hydrogen (secondary N) is 1. The van der Waals surface area contributed by atoms with Crippen molar-refractivity contribution in [3.05, 3.63) is 76.3 Å². The first kappa shape index (κ1) is 20.5. The van der Waals surface area contributed by atoms with Crippen molar-refractivity contribution in [3.8, 4) is 0 Å². The molecule has 0 fully saturated rings. The fourth-order valence-corrected chi connectivity index (χ4v) is 3.99. The van der Waals surface area contributed by atoms with Crippen LogP contribution in [-0.4, -0.2) is 38.6 Å². The van der Waals surface area contributed by atoms with Crippen LogP contribution in [0.25, 0.3) is 0 Å². The smallest absolute Gasteiger partial charge is 0.261 e. The second-order valence-corrected chi connectivity index (χ2v) is 8.00. The molecular weight excluding hydrogens is 416 g/mol. The second kappa shape index (κ2) is 8.97. The molecule has 1 aliphatic rings. The van der Waals surface area contributed by atoms with Gasteiger partial charge in [0.1, 0.15) is 5.01 Å². The van der Waals surface area contributed by atoms with Gasteiger partial charge in [-0.15, -0.1) is 10.2 Å². The van der Waals surface area contributed by atoms with E-state index in [1.165, 1.54) is 0 Å². The number of aromatic nitrogens is 2. The topological polar surface area (TPSA) is 109 Å². The minimum atomic E-state index is -0.371. The van der Waals surface area contributed by atoms with Gasteiger partial charge in [-0.05, 0) is 18.6 Å². The lowest BCUT2D eigenvalue weighted by atomic mass is 10.1. The van der Waals surface area contributed by atoms with Crippen molar-refractivity contribution >= 4 is 40.0 Å². The average molecular weight is 434 g/mol. The quantitative estimate of drug-likeness (QED) is 0.430. The van der Waals surface area contributed by atoms with Gasteiger partial charge in [-0.3, -0.25) is 24.1 Å². The van der Waals surface area contributed by atoms with Crippen LogP contribution < -0.4 is 5.32 Å². The van der Waals surface area contributed by atoms with Gasteiger partial charge < -0.3 is 5.32 Å². The number of carbonyl (C=O) groups is 4. The summed E-state index contributed by atoms with van der Waals surface area (Å²) in [6.07, 6.45) is 0.866. The summed E-state index contributed by atoms with van der Waals surface area (Å²) in [5.41, 5.74) is 1.37. The van der Waals surface area contributed by atoms with Gasteiger partial charge in [-0.2, -0.15) is 0 Å². The van der Waals surface area contributed by atoms with E-state index in [2.05, 4.69) is 15.5 Å². The molecule has 0 radical (unpaired) electrons. The highest BCUT2D eigenvalue weighted by Crippen LogP contribution is 2.26. The number of ketones is 1. The summed E-state index contributed by atoms with van der Waals surface area (Å²) in [4.78, 5) is 50.2. The number of benzene rings is 2. The number of amides is 3. The third-order valence-electron chi connectivity index (χ3n) is 4.79. The third kappa shape index (κ3) is 4.56. The molecule has 0 bridgehead atoms. The molecule has 0 atom stereocenters. The normalized spacial score (nSPS) is 12.7. The summed E-state index contributed by atoms with van der Waals surface area (Å²) in [6, 6.07) is 15.6. The number of hydrogen-bond donors (Lipinski definition) is 1. The zero-order valence-electron chi connectivity index (χ0n) is 16.4. The molecule has 0 saturated carbocycles. The maximum absolute atomic E-state index is 12.4. The summed E-state index contributed by atoms with van der Waals surface area (Å²) in [7, 11) is 0. The van der Waals surface area contributed by atoms with Crippen molar-refractivity contribution in [1.82, 2.24) is 15.1 Å². The number of anilines is 1. The Morgan fingerprint density at radius 1 is 0.871 bits per heavy atom. The molecule has 31 heavy (non-hydrogen) atoms. The van der Waals surface area contributed by atoms with Crippen molar-refractivity contribution in [3.63, 3.8) is 0 Å². The largest absolute Gasteiger partial charge is 0.301 e. The van der Waals surface area contributed by atoms with Crippen LogP contribution in [0.5, 0.6) is 0 Å². The third-order valence-corrected chi connectivity index (χ3v) is 5.61. The Morgan fingerprint density at radius 3 is 2.19 bits per heavy atom. The molecule has 9 heteroatoms. The first-order valence-electron chi connectivity index (χ1n) is 9.68. The van der Waals surface area contributed by atoms with Crippen LogP contribution in [0.4, 0.5) is 5.13 Å². The van der Waals surface area contributed by atoms with E-state index >= 15 is 0 Å². The number of nitrogens with zero attached hydrogens (tertiary/aromatic N) is 3. The maximum Gasteiger partial charge on any atom is 0.261 e. The second-order valence-electron chi connectivity index (χ2n) is 6.93. The van der Waals surface area contributed by atoms with Crippen molar-refractivity contribution in [2.45, 2.75) is 25.8 Å². The van der Waals surface area contributed by atoms with Crippen LogP contribution in [0.1, 0.15) is 55.3 Å². The van der Waals surface area contributed by atoms with Crippen LogP contribution >= 0.6 is 11.3 Å². The van der Waals surface area contributed by atoms with Gasteiger partial charge >= 0.3 is 0 Å². The Bertz CT molecular complexity index is 1120. The molecular formula is C22H18N4O4S. The summed E-state index contributed by atoms with van der Waals surface area (Å²) >= 11 is 1.10. The number of rotatable bonds is 8. The summed E-state index contributed by atoms with van der Waals surface area (Å²) in [5.74, 6) is -1.02. The van der Waals surface area contributed by atoms with Gasteiger partial charge in [0.25, 0.3) is 11.8 Å². The first-order chi connectivity index (χ1) is 15.0. The Labute approximate surface area is 181 Å². The van der Waals surface area contributed by atoms with E-state index in [4.69, 9.17) is 0 Å². The Balaban J connectivity index is 1.27. The Morgan fingerprint density at radius 2 is 1.52 bits per heavy atom. The number of carbonyl (C=O) groups excluding carboxylic acids is 4. The van der Waals surface area contributed by atoms with Crippen LogP contribution in [-0.2, 0) is 11.3 Å². The molecule has 1 N–H and O–H groups in total. The molecule has 0 saturated heterocycles. The fraction of sp³-hybridized carbons (Fsp3) is 0.182. The van der Waals surface area contributed by atoms with E-state index in [9.17, 15) is 19.2 Å². The monoisotopic (exact) mass is 434 g/mol. The molecule has 1 aliphatic heterocycles. The van der Waals surface area contributed by atoms with Crippen molar-refractivity contribution in [1.29, 1.82) is 0 Å². The molecule has 4 rings (SSSR count). The zero-order valence-corrected chi connectivity index (χ0v) is 17.2. The van der Waals surface area contributed by atoms with Crippen LogP contribution in [0.3, 0.4) is 0 Å². The average Bonchev–Trinajstić information content (AvgIpc) is 3.32. The van der Waals surface area contributed by atoms with Crippen molar-refractivity contribution in [2.75, 3.05) is 5.32 Å². The lowest BCUT2D eigenvalue weighted by molar-refractivity contribution is -0.116. The van der Waals surface area contributed by atoms with E-state index < -0.39 is 0 Å². The number of fused-ring (bicyclic) bond motifs is 1. The molecule has 3 amide bonds. The van der Waals surface area contributed by atoms with Gasteiger partial charge in [0, 0.05) is 18.4 Å². The molecule has 3 aromatic rings. The lowest BCUT2D eigenvalue weighted by Gasteiger charge is -2.10. The first-order valence-corrected chi connectivity index (χ1v) is 10.5. The van der Waals surface area contributed by atoms with Crippen LogP contribution in [0, 0.1) is 0 Å². The Kier molecular flexibility index (Phi) is 5.94. The highest BCUT2D eigenvalue weighted by molar-refractivity contribution is 7.15. The predicted molar refractivity (Wildman–Crippen MR) is 114 cm³/mol. The van der Waals surface area contributed by atoms with E-state index in [1.54, 1.807) is 48.5 Å². The van der Waals surface area contributed by atoms with E-state index in [0.29, 0.717) is 28.1 Å². The van der Waals surface area contributed by atoms with Gasteiger partial charge in [0.15, 0.2) is 5.78 Å². The van der Waals surface area contributed by atoms with Crippen molar-refractivity contribution in [2.24, 2.45) is 0 Å². The number of hydrogen-bond acceptors (Lipinski definition) is 7. The summed E-state index contributed by atoms with van der Waals surface area (Å²) in [6.45, 7) is -0.00847. The Hall–Kier alpha value is -3.72. The highest BCUT2D eigenvalue weighted by atomic mass is 32.1. The molecule has 0 spiro atoms. The summed E-state index contributed by atoms with van der Waals surface area (Å²) < 4.78 is 0. The molecule has 8 nitrogen and oxygen atoms in total. The van der Waals surface area contributed by atoms with Gasteiger partial charge in [0.2, 0.25) is 11.0 Å². The number of Topliss-reactive ketones (excluding diaryl/α,β-unsaturated/α-hetero) is 1. The van der Waals surface area contributed by atoms with Crippen LogP contribution in [0.15, 0.2) is 54.6 Å². The SMILES string of the molecule is O=C(CCCC(=O)c1ccccc1)Nc1nnc(CN2C(=O)c3ccccc3C2=O)s1. The number of imide groups is 1. The molecule has 0 aliphatic carbocycles. The molecule has 2 heterocycles. The minimum absolute atomic E-state index is 0.00690. The molecule has 2 aromatic carbocycles. The summed E-state index contributed by atoms with van der Waals surface area (Å²) in [5, 5.41) is 11.2. The zero-order chi connectivity index (χ0) is 21.8. The van der Waals surface area contributed by atoms with E-state index in [1.807, 2.05) is 6.07 Å². The van der Waals surface area contributed by atoms with Gasteiger partial charge in [0.05, 0.1) is 17.7 Å². The van der Waals surface area contributed by atoms with Gasteiger partial charge in [-0.25, -0.2) is 0 Å². The fourth-order valence-electron chi connectivity index (χ4n) is 3.25. The molecule has 156 valence electrons.